The molecule has 0 bridgehead atoms. The van der Waals surface area contributed by atoms with Crippen LogP contribution in [0.5, 0.6) is 0 Å². The van der Waals surface area contributed by atoms with Gasteiger partial charge in [-0.15, -0.1) is 0 Å². The largest absolute Gasteiger partial charge is 0.463 e. The summed E-state index contributed by atoms with van der Waals surface area (Å²) in [6, 6.07) is 5.08. The van der Waals surface area contributed by atoms with E-state index in [1.807, 2.05) is 0 Å². The van der Waals surface area contributed by atoms with Gasteiger partial charge in [0.1, 0.15) is 5.52 Å². The van der Waals surface area contributed by atoms with Gasteiger partial charge in [-0.05, 0) is 43.4 Å². The molecule has 1 unspecified atom stereocenters. The summed E-state index contributed by atoms with van der Waals surface area (Å²) < 4.78 is 45.4. The monoisotopic (exact) mass is 462 g/mol. The number of halogens is 3. The van der Waals surface area contributed by atoms with Crippen LogP contribution in [0.25, 0.3) is 11.2 Å². The summed E-state index contributed by atoms with van der Waals surface area (Å²) in [7, 11) is 2.94. The van der Waals surface area contributed by atoms with Crippen LogP contribution >= 0.6 is 0 Å². The van der Waals surface area contributed by atoms with Crippen molar-refractivity contribution < 1.29 is 22.7 Å². The lowest BCUT2D eigenvalue weighted by Crippen LogP contribution is -2.31. The first kappa shape index (κ1) is 22.8. The number of nitrogens with zero attached hydrogens (tertiary/aromatic N) is 4. The standard InChI is InChI=1S/C22H25F3N6O2/c1-12(14-5-4-6-14)27-17-16-18(29-19(28-17)20(32)33-3)30-21(26-2)31(16)11-13-7-9-15(10-8-13)22(23,24)25/h7-10,12,14H,4-6,11H2,1-3H3,(H2,26,27,28,29,30). The number of alkyl halides is 3. The highest BCUT2D eigenvalue weighted by Crippen LogP contribution is 2.33. The number of carbonyl (C=O) groups excluding carboxylic acids is 1. The number of imidazole rings is 1. The van der Waals surface area contributed by atoms with Crippen molar-refractivity contribution in [1.29, 1.82) is 0 Å². The SMILES string of the molecule is CNc1nc2nc(C(=O)OC)nc(NC(C)C3CCC3)c2n1Cc1ccc(C(F)(F)F)cc1. The average molecular weight is 462 g/mol. The van der Waals surface area contributed by atoms with Crippen molar-refractivity contribution in [3.63, 3.8) is 0 Å². The summed E-state index contributed by atoms with van der Waals surface area (Å²) in [6.07, 6.45) is -1.00. The fraction of sp³-hybridized carbons (Fsp3) is 0.455. The van der Waals surface area contributed by atoms with Crippen LogP contribution in [0.2, 0.25) is 0 Å². The Morgan fingerprint density at radius 2 is 1.91 bits per heavy atom. The molecule has 176 valence electrons. The highest BCUT2D eigenvalue weighted by atomic mass is 19.4. The first-order chi connectivity index (χ1) is 15.7. The number of ether oxygens (including phenoxy) is 1. The number of carbonyl (C=O) groups is 1. The van der Waals surface area contributed by atoms with Crippen LogP contribution in [0.1, 0.15) is 47.9 Å². The summed E-state index contributed by atoms with van der Waals surface area (Å²) in [5.74, 6) is 0.572. The second kappa shape index (κ2) is 8.87. The van der Waals surface area contributed by atoms with Crippen LogP contribution in [-0.4, -0.2) is 45.7 Å². The van der Waals surface area contributed by atoms with Gasteiger partial charge in [0.15, 0.2) is 11.5 Å². The van der Waals surface area contributed by atoms with E-state index in [1.54, 1.807) is 11.6 Å². The number of fused-ring (bicyclic) bond motifs is 1. The van der Waals surface area contributed by atoms with Gasteiger partial charge < -0.3 is 19.9 Å². The highest BCUT2D eigenvalue weighted by Gasteiger charge is 2.30. The molecule has 2 aromatic heterocycles. The molecule has 1 fully saturated rings. The molecule has 11 heteroatoms. The molecule has 3 aromatic rings. The zero-order valence-electron chi connectivity index (χ0n) is 18.5. The lowest BCUT2D eigenvalue weighted by atomic mass is 9.80. The van der Waals surface area contributed by atoms with E-state index < -0.39 is 17.7 Å². The van der Waals surface area contributed by atoms with Crippen molar-refractivity contribution in [1.82, 2.24) is 19.5 Å². The Labute approximate surface area is 188 Å². The molecule has 0 spiro atoms. The summed E-state index contributed by atoms with van der Waals surface area (Å²) in [5.41, 5.74) is 0.773. The molecule has 1 aromatic carbocycles. The molecule has 2 N–H and O–H groups in total. The lowest BCUT2D eigenvalue weighted by molar-refractivity contribution is -0.137. The number of rotatable bonds is 7. The molecule has 1 atom stereocenters. The Hall–Kier alpha value is -3.37. The number of aromatic nitrogens is 4. The van der Waals surface area contributed by atoms with Gasteiger partial charge in [0.2, 0.25) is 11.8 Å². The van der Waals surface area contributed by atoms with Crippen molar-refractivity contribution in [2.45, 2.75) is 44.9 Å². The molecule has 0 amide bonds. The van der Waals surface area contributed by atoms with Crippen molar-refractivity contribution in [3.8, 4) is 0 Å². The van der Waals surface area contributed by atoms with Gasteiger partial charge in [0.05, 0.1) is 19.2 Å². The average Bonchev–Trinajstić information content (AvgIpc) is 3.09. The number of esters is 1. The predicted molar refractivity (Wildman–Crippen MR) is 117 cm³/mol. The third kappa shape index (κ3) is 4.57. The van der Waals surface area contributed by atoms with E-state index in [0.29, 0.717) is 28.8 Å². The fourth-order valence-corrected chi connectivity index (χ4v) is 3.92. The van der Waals surface area contributed by atoms with Gasteiger partial charge >= 0.3 is 12.1 Å². The first-order valence-corrected chi connectivity index (χ1v) is 10.7. The van der Waals surface area contributed by atoms with Gasteiger partial charge in [0, 0.05) is 13.1 Å². The van der Waals surface area contributed by atoms with Crippen LogP contribution in [0.4, 0.5) is 24.9 Å². The van der Waals surface area contributed by atoms with Crippen molar-refractivity contribution >= 4 is 28.9 Å². The third-order valence-corrected chi connectivity index (χ3v) is 6.04. The molecule has 8 nitrogen and oxygen atoms in total. The zero-order chi connectivity index (χ0) is 23.8. The minimum Gasteiger partial charge on any atom is -0.463 e. The molecular weight excluding hydrogens is 437 g/mol. The minimum absolute atomic E-state index is 0.106. The molecular formula is C22H25F3N6O2. The summed E-state index contributed by atoms with van der Waals surface area (Å²) in [6.45, 7) is 2.30. The number of methoxy groups -OCH3 is 1. The predicted octanol–water partition coefficient (Wildman–Crippen LogP) is 4.32. The van der Waals surface area contributed by atoms with Crippen LogP contribution in [0.15, 0.2) is 24.3 Å². The molecule has 0 radical (unpaired) electrons. The molecule has 1 aliphatic rings. The number of benzene rings is 1. The molecule has 1 aliphatic carbocycles. The topological polar surface area (TPSA) is 94.0 Å². The quantitative estimate of drug-likeness (QED) is 0.505. The van der Waals surface area contributed by atoms with Gasteiger partial charge in [-0.3, -0.25) is 0 Å². The Morgan fingerprint density at radius 3 is 2.45 bits per heavy atom. The molecule has 33 heavy (non-hydrogen) atoms. The van der Waals surface area contributed by atoms with Gasteiger partial charge in [0.25, 0.3) is 0 Å². The third-order valence-electron chi connectivity index (χ3n) is 6.04. The normalized spacial score (nSPS) is 15.2. The minimum atomic E-state index is -4.40. The van der Waals surface area contributed by atoms with Crippen LogP contribution in [0.3, 0.4) is 0 Å². The van der Waals surface area contributed by atoms with E-state index in [4.69, 9.17) is 4.74 Å². The Bertz CT molecular complexity index is 1160. The van der Waals surface area contributed by atoms with Crippen molar-refractivity contribution in [2.24, 2.45) is 5.92 Å². The number of hydrogen-bond donors (Lipinski definition) is 2. The highest BCUT2D eigenvalue weighted by molar-refractivity contribution is 5.92. The van der Waals surface area contributed by atoms with Gasteiger partial charge in [-0.1, -0.05) is 18.6 Å². The summed E-state index contributed by atoms with van der Waals surface area (Å²) in [4.78, 5) is 25.3. The maximum atomic E-state index is 12.9. The van der Waals surface area contributed by atoms with E-state index in [9.17, 15) is 18.0 Å². The lowest BCUT2D eigenvalue weighted by Gasteiger charge is -2.32. The number of anilines is 2. The Kier molecular flexibility index (Phi) is 6.13. The van der Waals surface area contributed by atoms with E-state index in [0.717, 1.165) is 25.0 Å². The Morgan fingerprint density at radius 1 is 1.21 bits per heavy atom. The molecule has 4 rings (SSSR count). The second-order valence-electron chi connectivity index (χ2n) is 8.15. The van der Waals surface area contributed by atoms with Gasteiger partial charge in [-0.2, -0.15) is 18.2 Å². The Balaban J connectivity index is 1.78. The van der Waals surface area contributed by atoms with Crippen molar-refractivity contribution in [3.05, 3.63) is 41.2 Å². The zero-order valence-corrected chi connectivity index (χ0v) is 18.5. The summed E-state index contributed by atoms with van der Waals surface area (Å²) >= 11 is 0. The van der Waals surface area contributed by atoms with E-state index in [1.165, 1.54) is 25.7 Å². The smallest absolute Gasteiger partial charge is 0.416 e. The molecule has 0 saturated heterocycles. The molecule has 1 saturated carbocycles. The molecule has 0 aliphatic heterocycles. The second-order valence-corrected chi connectivity index (χ2v) is 8.15. The maximum Gasteiger partial charge on any atom is 0.416 e. The van der Waals surface area contributed by atoms with E-state index in [2.05, 4.69) is 32.5 Å². The van der Waals surface area contributed by atoms with E-state index >= 15 is 0 Å². The number of hydrogen-bond acceptors (Lipinski definition) is 7. The van der Waals surface area contributed by atoms with Crippen LogP contribution in [-0.2, 0) is 17.5 Å². The first-order valence-electron chi connectivity index (χ1n) is 10.7. The van der Waals surface area contributed by atoms with Crippen LogP contribution < -0.4 is 10.6 Å². The van der Waals surface area contributed by atoms with Crippen molar-refractivity contribution in [2.75, 3.05) is 24.8 Å². The van der Waals surface area contributed by atoms with E-state index in [-0.39, 0.29) is 24.1 Å². The fourth-order valence-electron chi connectivity index (χ4n) is 3.92. The van der Waals surface area contributed by atoms with Gasteiger partial charge in [-0.25, -0.2) is 14.8 Å². The summed E-state index contributed by atoms with van der Waals surface area (Å²) in [5, 5.41) is 6.39. The van der Waals surface area contributed by atoms with Crippen LogP contribution in [0, 0.1) is 5.92 Å². The number of nitrogens with one attached hydrogen (secondary N) is 2. The molecule has 2 heterocycles. The maximum absolute atomic E-state index is 12.9.